The zero-order chi connectivity index (χ0) is 18.0. The highest BCUT2D eigenvalue weighted by molar-refractivity contribution is 7.15. The number of hydrogen-bond acceptors (Lipinski definition) is 6. The topological polar surface area (TPSA) is 98.5 Å². The second-order valence-corrected chi connectivity index (χ2v) is 6.52. The van der Waals surface area contributed by atoms with Crippen molar-refractivity contribution in [1.29, 1.82) is 0 Å². The maximum absolute atomic E-state index is 12.4. The van der Waals surface area contributed by atoms with Crippen LogP contribution in [-0.2, 0) is 9.53 Å². The van der Waals surface area contributed by atoms with Crippen molar-refractivity contribution in [2.75, 3.05) is 11.9 Å². The monoisotopic (exact) mass is 360 g/mol. The van der Waals surface area contributed by atoms with Crippen LogP contribution in [0, 0.1) is 16.0 Å². The van der Waals surface area contributed by atoms with Gasteiger partial charge in [0.05, 0.1) is 11.5 Å². The number of esters is 1. The van der Waals surface area contributed by atoms with Crippen LogP contribution < -0.4 is 5.32 Å². The number of thiophene rings is 1. The number of anilines is 1. The van der Waals surface area contributed by atoms with E-state index in [9.17, 15) is 19.7 Å². The number of benzene rings is 1. The maximum Gasteiger partial charge on any atom is 0.341 e. The first-order chi connectivity index (χ1) is 12.0. The number of nitrogens with zero attached hydrogens (tertiary/aromatic N) is 1. The van der Waals surface area contributed by atoms with Crippen LogP contribution in [0.25, 0.3) is 11.1 Å². The molecule has 0 bridgehead atoms. The molecule has 0 unspecified atom stereocenters. The Bertz CT molecular complexity index is 824. The van der Waals surface area contributed by atoms with E-state index in [2.05, 4.69) is 5.32 Å². The van der Waals surface area contributed by atoms with Crippen molar-refractivity contribution in [3.05, 3.63) is 45.3 Å². The minimum absolute atomic E-state index is 0.0139. The molecule has 0 saturated heterocycles. The summed E-state index contributed by atoms with van der Waals surface area (Å²) in [5.74, 6) is -0.606. The zero-order valence-corrected chi connectivity index (χ0v) is 14.3. The van der Waals surface area contributed by atoms with Gasteiger partial charge in [-0.25, -0.2) is 4.79 Å². The van der Waals surface area contributed by atoms with Gasteiger partial charge in [0, 0.05) is 29.0 Å². The quantitative estimate of drug-likeness (QED) is 0.479. The van der Waals surface area contributed by atoms with Gasteiger partial charge in [-0.15, -0.1) is 11.3 Å². The fourth-order valence-corrected chi connectivity index (χ4v) is 3.35. The number of rotatable bonds is 6. The van der Waals surface area contributed by atoms with Crippen LogP contribution in [0.5, 0.6) is 0 Å². The summed E-state index contributed by atoms with van der Waals surface area (Å²) in [5, 5.41) is 15.8. The molecular formula is C17H16N2O5S. The van der Waals surface area contributed by atoms with Gasteiger partial charge < -0.3 is 10.1 Å². The molecule has 8 heteroatoms. The van der Waals surface area contributed by atoms with Crippen LogP contribution in [0.4, 0.5) is 10.7 Å². The molecule has 1 saturated carbocycles. The van der Waals surface area contributed by atoms with Crippen LogP contribution in [0.15, 0.2) is 29.6 Å². The number of nitro benzene ring substituents is 1. The Balaban J connectivity index is 1.97. The minimum atomic E-state index is -0.525. The lowest BCUT2D eigenvalue weighted by atomic mass is 10.0. The van der Waals surface area contributed by atoms with Gasteiger partial charge in [0.15, 0.2) is 0 Å². The molecule has 0 atom stereocenters. The highest BCUT2D eigenvalue weighted by Crippen LogP contribution is 2.38. The van der Waals surface area contributed by atoms with E-state index in [1.165, 1.54) is 23.5 Å². The largest absolute Gasteiger partial charge is 0.462 e. The lowest BCUT2D eigenvalue weighted by molar-refractivity contribution is -0.384. The molecule has 0 radical (unpaired) electrons. The summed E-state index contributed by atoms with van der Waals surface area (Å²) in [4.78, 5) is 34.7. The van der Waals surface area contributed by atoms with Crippen LogP contribution in [0.2, 0.25) is 0 Å². The number of amides is 1. The van der Waals surface area contributed by atoms with Crippen molar-refractivity contribution in [3.8, 4) is 11.1 Å². The molecule has 1 amide bonds. The third-order valence-electron chi connectivity index (χ3n) is 3.84. The molecule has 1 N–H and O–H groups in total. The van der Waals surface area contributed by atoms with Crippen molar-refractivity contribution < 1.29 is 19.2 Å². The van der Waals surface area contributed by atoms with Gasteiger partial charge >= 0.3 is 5.97 Å². The average Bonchev–Trinajstić information content (AvgIpc) is 3.36. The molecule has 1 aliphatic carbocycles. The third-order valence-corrected chi connectivity index (χ3v) is 4.74. The maximum atomic E-state index is 12.4. The summed E-state index contributed by atoms with van der Waals surface area (Å²) in [6, 6.07) is 5.92. The van der Waals surface area contributed by atoms with Gasteiger partial charge in [-0.05, 0) is 37.5 Å². The lowest BCUT2D eigenvalue weighted by Crippen LogP contribution is -2.15. The molecule has 3 rings (SSSR count). The molecule has 25 heavy (non-hydrogen) atoms. The number of carbonyl (C=O) groups is 2. The Morgan fingerprint density at radius 2 is 2.00 bits per heavy atom. The third kappa shape index (κ3) is 3.69. The Morgan fingerprint density at radius 1 is 1.32 bits per heavy atom. The molecule has 0 aliphatic heterocycles. The predicted octanol–water partition coefficient (Wildman–Crippen LogP) is 3.85. The number of ether oxygens (including phenoxy) is 1. The summed E-state index contributed by atoms with van der Waals surface area (Å²) in [6.45, 7) is 1.92. The van der Waals surface area contributed by atoms with E-state index in [0.717, 1.165) is 12.8 Å². The minimum Gasteiger partial charge on any atom is -0.462 e. The summed E-state index contributed by atoms with van der Waals surface area (Å²) in [6.07, 6.45) is 1.72. The van der Waals surface area contributed by atoms with E-state index in [1.54, 1.807) is 24.4 Å². The van der Waals surface area contributed by atoms with Crippen LogP contribution in [0.3, 0.4) is 0 Å². The van der Waals surface area contributed by atoms with E-state index in [1.807, 2.05) is 0 Å². The zero-order valence-electron chi connectivity index (χ0n) is 13.5. The Morgan fingerprint density at radius 3 is 2.56 bits per heavy atom. The highest BCUT2D eigenvalue weighted by atomic mass is 32.1. The molecule has 2 aromatic rings. The number of nitro groups is 1. The summed E-state index contributed by atoms with van der Waals surface area (Å²) in [7, 11) is 0. The molecule has 1 aromatic heterocycles. The van der Waals surface area contributed by atoms with Crippen molar-refractivity contribution in [1.82, 2.24) is 0 Å². The number of non-ortho nitro benzene ring substituents is 1. The molecule has 1 fully saturated rings. The fourth-order valence-electron chi connectivity index (χ4n) is 2.39. The smallest absolute Gasteiger partial charge is 0.341 e. The number of nitrogens with one attached hydrogen (secondary N) is 1. The normalized spacial score (nSPS) is 13.3. The van der Waals surface area contributed by atoms with E-state index >= 15 is 0 Å². The highest BCUT2D eigenvalue weighted by Gasteiger charge is 2.31. The van der Waals surface area contributed by atoms with E-state index in [-0.39, 0.29) is 29.7 Å². The van der Waals surface area contributed by atoms with E-state index < -0.39 is 10.9 Å². The van der Waals surface area contributed by atoms with Gasteiger partial charge in [-0.1, -0.05) is 0 Å². The number of carbonyl (C=O) groups excluding carboxylic acids is 2. The molecule has 7 nitrogen and oxygen atoms in total. The van der Waals surface area contributed by atoms with Gasteiger partial charge in [-0.3, -0.25) is 14.9 Å². The lowest BCUT2D eigenvalue weighted by Gasteiger charge is -2.08. The van der Waals surface area contributed by atoms with Gasteiger partial charge in [-0.2, -0.15) is 0 Å². The summed E-state index contributed by atoms with van der Waals surface area (Å²) in [5.41, 5.74) is 1.50. The fraction of sp³-hybridized carbons (Fsp3) is 0.294. The van der Waals surface area contributed by atoms with Gasteiger partial charge in [0.2, 0.25) is 5.91 Å². The van der Waals surface area contributed by atoms with Crippen molar-refractivity contribution in [2.45, 2.75) is 19.8 Å². The standard InChI is InChI=1S/C17H16N2O5S/c1-2-24-17(21)14-13(10-5-7-12(8-6-10)19(22)23)9-25-16(14)18-15(20)11-3-4-11/h5-9,11H,2-4H2,1H3,(H,18,20). The summed E-state index contributed by atoms with van der Waals surface area (Å²) >= 11 is 1.24. The molecular weight excluding hydrogens is 344 g/mol. The van der Waals surface area contributed by atoms with Crippen molar-refractivity contribution >= 4 is 33.9 Å². The van der Waals surface area contributed by atoms with Crippen LogP contribution >= 0.6 is 11.3 Å². The Hall–Kier alpha value is -2.74. The first-order valence-corrected chi connectivity index (χ1v) is 8.73. The number of hydrogen-bond donors (Lipinski definition) is 1. The Labute approximate surface area is 147 Å². The van der Waals surface area contributed by atoms with Crippen molar-refractivity contribution in [2.24, 2.45) is 5.92 Å². The predicted molar refractivity (Wildman–Crippen MR) is 93.7 cm³/mol. The van der Waals surface area contributed by atoms with Crippen molar-refractivity contribution in [3.63, 3.8) is 0 Å². The van der Waals surface area contributed by atoms with E-state index in [0.29, 0.717) is 16.1 Å². The molecule has 1 aliphatic rings. The SMILES string of the molecule is CCOC(=O)c1c(-c2ccc([N+](=O)[O-])cc2)csc1NC(=O)C1CC1. The second-order valence-electron chi connectivity index (χ2n) is 5.64. The molecule has 130 valence electrons. The average molecular weight is 360 g/mol. The van der Waals surface area contributed by atoms with E-state index in [4.69, 9.17) is 4.74 Å². The van der Waals surface area contributed by atoms with Crippen LogP contribution in [-0.4, -0.2) is 23.4 Å². The van der Waals surface area contributed by atoms with Crippen LogP contribution in [0.1, 0.15) is 30.1 Å². The first-order valence-electron chi connectivity index (χ1n) is 7.85. The Kier molecular flexibility index (Phi) is 4.80. The molecule has 1 heterocycles. The van der Waals surface area contributed by atoms with Gasteiger partial charge in [0.1, 0.15) is 10.6 Å². The first kappa shape index (κ1) is 17.1. The molecule has 0 spiro atoms. The summed E-state index contributed by atoms with van der Waals surface area (Å²) < 4.78 is 5.12. The molecule has 1 aromatic carbocycles. The second kappa shape index (κ2) is 7.02. The van der Waals surface area contributed by atoms with Gasteiger partial charge in [0.25, 0.3) is 5.69 Å².